The number of ether oxygens (including phenoxy) is 1. The maximum atomic E-state index is 12.3. The van der Waals surface area contributed by atoms with Crippen molar-refractivity contribution in [3.8, 4) is 11.3 Å². The monoisotopic (exact) mass is 373 g/mol. The molecule has 0 saturated heterocycles. The zero-order valence-corrected chi connectivity index (χ0v) is 16.4. The Morgan fingerprint density at radius 2 is 1.81 bits per heavy atom. The average Bonchev–Trinajstić information content (AvgIpc) is 3.08. The molecular weight excluding hydrogens is 346 g/mol. The molecule has 0 aliphatic rings. The van der Waals surface area contributed by atoms with Crippen molar-refractivity contribution in [2.45, 2.75) is 40.2 Å². The summed E-state index contributed by atoms with van der Waals surface area (Å²) < 4.78 is 10.3. The lowest BCUT2D eigenvalue weighted by atomic mass is 9.95. The first-order chi connectivity index (χ1) is 12.7. The standard InChI is InChI=1S/C20H27N3O4/c1-13(2)16(18(24)27-20(3,4)5)12-21-19(25)22-15-8-6-14(7-9-15)17-10-11-26-23-17/h6-11,13,16H,12H2,1-5H3,(H2,21,22,25). The first-order valence-electron chi connectivity index (χ1n) is 8.94. The van der Waals surface area contributed by atoms with Crippen LogP contribution in [0.25, 0.3) is 11.3 Å². The maximum Gasteiger partial charge on any atom is 0.319 e. The number of amides is 2. The highest BCUT2D eigenvalue weighted by molar-refractivity contribution is 5.89. The van der Waals surface area contributed by atoms with Crippen molar-refractivity contribution in [3.63, 3.8) is 0 Å². The van der Waals surface area contributed by atoms with Crippen LogP contribution in [0.15, 0.2) is 41.1 Å². The van der Waals surface area contributed by atoms with Crippen LogP contribution in [0.5, 0.6) is 0 Å². The van der Waals surface area contributed by atoms with Gasteiger partial charge in [0.1, 0.15) is 17.6 Å². The Bertz CT molecular complexity index is 747. The van der Waals surface area contributed by atoms with Gasteiger partial charge < -0.3 is 19.9 Å². The molecule has 0 bridgehead atoms. The van der Waals surface area contributed by atoms with E-state index >= 15 is 0 Å². The van der Waals surface area contributed by atoms with E-state index < -0.39 is 11.5 Å². The second-order valence-electron chi connectivity index (χ2n) is 7.68. The van der Waals surface area contributed by atoms with Gasteiger partial charge in [-0.2, -0.15) is 0 Å². The highest BCUT2D eigenvalue weighted by Gasteiger charge is 2.28. The molecule has 0 aliphatic carbocycles. The molecule has 0 fully saturated rings. The summed E-state index contributed by atoms with van der Waals surface area (Å²) in [5, 5.41) is 9.36. The second-order valence-corrected chi connectivity index (χ2v) is 7.68. The van der Waals surface area contributed by atoms with Crippen molar-refractivity contribution in [1.29, 1.82) is 0 Å². The molecule has 2 N–H and O–H groups in total. The quantitative estimate of drug-likeness (QED) is 0.744. The van der Waals surface area contributed by atoms with Crippen molar-refractivity contribution < 1.29 is 18.8 Å². The molecule has 146 valence electrons. The molecule has 1 heterocycles. The molecule has 2 rings (SSSR count). The fourth-order valence-electron chi connectivity index (χ4n) is 2.43. The maximum absolute atomic E-state index is 12.3. The fraction of sp³-hybridized carbons (Fsp3) is 0.450. The van der Waals surface area contributed by atoms with Gasteiger partial charge in [0.25, 0.3) is 0 Å². The molecule has 0 aliphatic heterocycles. The minimum atomic E-state index is -0.557. The third-order valence-corrected chi connectivity index (χ3v) is 3.87. The van der Waals surface area contributed by atoms with Gasteiger partial charge in [-0.15, -0.1) is 0 Å². The van der Waals surface area contributed by atoms with E-state index in [2.05, 4.69) is 15.8 Å². The van der Waals surface area contributed by atoms with E-state index in [1.165, 1.54) is 6.26 Å². The van der Waals surface area contributed by atoms with Crippen LogP contribution in [0.2, 0.25) is 0 Å². The number of nitrogens with one attached hydrogen (secondary N) is 2. The number of anilines is 1. The van der Waals surface area contributed by atoms with E-state index in [1.807, 2.05) is 46.8 Å². The average molecular weight is 373 g/mol. The van der Waals surface area contributed by atoms with E-state index in [9.17, 15) is 9.59 Å². The second kappa shape index (κ2) is 8.70. The number of carbonyl (C=O) groups excluding carboxylic acids is 2. The van der Waals surface area contributed by atoms with Crippen molar-refractivity contribution in [2.75, 3.05) is 11.9 Å². The normalized spacial score (nSPS) is 12.5. The van der Waals surface area contributed by atoms with Gasteiger partial charge in [0.05, 0.1) is 5.92 Å². The van der Waals surface area contributed by atoms with Gasteiger partial charge in [-0.25, -0.2) is 4.79 Å². The number of aromatic nitrogens is 1. The van der Waals surface area contributed by atoms with Crippen LogP contribution in [-0.4, -0.2) is 29.3 Å². The molecule has 2 aromatic rings. The van der Waals surface area contributed by atoms with Crippen LogP contribution < -0.4 is 10.6 Å². The van der Waals surface area contributed by atoms with Crippen LogP contribution in [0.4, 0.5) is 10.5 Å². The largest absolute Gasteiger partial charge is 0.460 e. The molecule has 1 atom stereocenters. The topological polar surface area (TPSA) is 93.5 Å². The van der Waals surface area contributed by atoms with Crippen molar-refractivity contribution in [1.82, 2.24) is 10.5 Å². The number of hydrogen-bond donors (Lipinski definition) is 2. The molecule has 0 spiro atoms. The number of hydrogen-bond acceptors (Lipinski definition) is 5. The Morgan fingerprint density at radius 3 is 2.33 bits per heavy atom. The molecule has 2 amide bonds. The number of rotatable bonds is 6. The summed E-state index contributed by atoms with van der Waals surface area (Å²) in [6.07, 6.45) is 1.50. The molecule has 0 saturated carbocycles. The lowest BCUT2D eigenvalue weighted by Crippen LogP contribution is -2.40. The summed E-state index contributed by atoms with van der Waals surface area (Å²) in [5.74, 6) is -0.679. The van der Waals surface area contributed by atoms with Crippen molar-refractivity contribution in [3.05, 3.63) is 36.6 Å². The highest BCUT2D eigenvalue weighted by Crippen LogP contribution is 2.20. The van der Waals surface area contributed by atoms with Crippen molar-refractivity contribution >= 4 is 17.7 Å². The predicted octanol–water partition coefficient (Wildman–Crippen LogP) is 4.08. The number of nitrogens with zero attached hydrogens (tertiary/aromatic N) is 1. The summed E-state index contributed by atoms with van der Waals surface area (Å²) in [6, 6.07) is 8.61. The molecule has 1 aromatic heterocycles. The Balaban J connectivity index is 1.89. The van der Waals surface area contributed by atoms with Gasteiger partial charge in [-0.05, 0) is 38.8 Å². The van der Waals surface area contributed by atoms with E-state index in [0.29, 0.717) is 5.69 Å². The van der Waals surface area contributed by atoms with Crippen LogP contribution >= 0.6 is 0 Å². The van der Waals surface area contributed by atoms with Gasteiger partial charge >= 0.3 is 12.0 Å². The molecule has 0 radical (unpaired) electrons. The summed E-state index contributed by atoms with van der Waals surface area (Å²) in [6.45, 7) is 9.53. The third-order valence-electron chi connectivity index (χ3n) is 3.87. The minimum absolute atomic E-state index is 0.0434. The molecule has 7 nitrogen and oxygen atoms in total. The first kappa shape index (κ1) is 20.5. The summed E-state index contributed by atoms with van der Waals surface area (Å²) in [7, 11) is 0. The Labute approximate surface area is 159 Å². The van der Waals surface area contributed by atoms with Crippen molar-refractivity contribution in [2.24, 2.45) is 11.8 Å². The number of carbonyl (C=O) groups is 2. The number of urea groups is 1. The Kier molecular flexibility index (Phi) is 6.60. The van der Waals surface area contributed by atoms with E-state index in [4.69, 9.17) is 9.26 Å². The SMILES string of the molecule is CC(C)C(CNC(=O)Nc1ccc(-c2ccon2)cc1)C(=O)OC(C)(C)C. The molecule has 1 unspecified atom stereocenters. The zero-order chi connectivity index (χ0) is 20.0. The molecule has 1 aromatic carbocycles. The van der Waals surface area contributed by atoms with Crippen LogP contribution in [0.1, 0.15) is 34.6 Å². The summed E-state index contributed by atoms with van der Waals surface area (Å²) in [4.78, 5) is 24.5. The number of benzene rings is 1. The van der Waals surface area contributed by atoms with Gasteiger partial charge in [0, 0.05) is 23.9 Å². The van der Waals surface area contributed by atoms with Crippen LogP contribution in [0.3, 0.4) is 0 Å². The van der Waals surface area contributed by atoms with Crippen LogP contribution in [-0.2, 0) is 9.53 Å². The minimum Gasteiger partial charge on any atom is -0.460 e. The van der Waals surface area contributed by atoms with E-state index in [0.717, 1.165) is 11.3 Å². The zero-order valence-electron chi connectivity index (χ0n) is 16.4. The molecule has 7 heteroatoms. The fourth-order valence-corrected chi connectivity index (χ4v) is 2.43. The van der Waals surface area contributed by atoms with Gasteiger partial charge in [-0.1, -0.05) is 31.1 Å². The van der Waals surface area contributed by atoms with Gasteiger partial charge in [0.2, 0.25) is 0 Å². The lowest BCUT2D eigenvalue weighted by Gasteiger charge is -2.26. The molecule has 27 heavy (non-hydrogen) atoms. The highest BCUT2D eigenvalue weighted by atomic mass is 16.6. The van der Waals surface area contributed by atoms with Crippen LogP contribution in [0, 0.1) is 11.8 Å². The molecular formula is C20H27N3O4. The smallest absolute Gasteiger partial charge is 0.319 e. The summed E-state index contributed by atoms with van der Waals surface area (Å²) in [5.41, 5.74) is 1.69. The predicted molar refractivity (Wildman–Crippen MR) is 103 cm³/mol. The van der Waals surface area contributed by atoms with E-state index in [1.54, 1.807) is 18.2 Å². The third kappa shape index (κ3) is 6.44. The lowest BCUT2D eigenvalue weighted by molar-refractivity contribution is -0.161. The summed E-state index contributed by atoms with van der Waals surface area (Å²) >= 11 is 0. The van der Waals surface area contributed by atoms with E-state index in [-0.39, 0.29) is 24.5 Å². The van der Waals surface area contributed by atoms with Gasteiger partial charge in [-0.3, -0.25) is 4.79 Å². The van der Waals surface area contributed by atoms with Gasteiger partial charge in [0.15, 0.2) is 0 Å². The Hall–Kier alpha value is -2.83. The first-order valence-corrected chi connectivity index (χ1v) is 8.94. The number of esters is 1. The Morgan fingerprint density at radius 1 is 1.15 bits per heavy atom.